The Balaban J connectivity index is 2.35. The van der Waals surface area contributed by atoms with Crippen molar-refractivity contribution in [1.82, 2.24) is 9.78 Å². The summed E-state index contributed by atoms with van der Waals surface area (Å²) in [5.74, 6) is 0. The summed E-state index contributed by atoms with van der Waals surface area (Å²) in [6.45, 7) is 1.45. The van der Waals surface area contributed by atoms with E-state index < -0.39 is 0 Å². The number of ether oxygens (including phenoxy) is 1. The first kappa shape index (κ1) is 11.8. The predicted octanol–water partition coefficient (Wildman–Crippen LogP) is 1.80. The van der Waals surface area contributed by atoms with Gasteiger partial charge in [-0.05, 0) is 58.0 Å². The molecule has 1 aliphatic rings. The highest BCUT2D eigenvalue weighted by Crippen LogP contribution is 2.19. The van der Waals surface area contributed by atoms with Crippen molar-refractivity contribution in [3.63, 3.8) is 0 Å². The molecule has 4 nitrogen and oxygen atoms in total. The van der Waals surface area contributed by atoms with E-state index >= 15 is 0 Å². The van der Waals surface area contributed by atoms with Crippen molar-refractivity contribution in [2.75, 3.05) is 13.2 Å². The first-order valence-corrected chi connectivity index (χ1v) is 6.86. The Hall–Kier alpha value is 0.300. The normalized spacial score (nSPS) is 18.0. The Labute approximate surface area is 115 Å². The van der Waals surface area contributed by atoms with Crippen molar-refractivity contribution >= 4 is 45.2 Å². The molecule has 1 aromatic rings. The minimum Gasteiger partial charge on any atom is -0.381 e. The lowest BCUT2D eigenvalue weighted by Crippen LogP contribution is -2.32. The maximum atomic E-state index is 11.9. The van der Waals surface area contributed by atoms with E-state index in [2.05, 4.69) is 50.3 Å². The Morgan fingerprint density at radius 3 is 2.73 bits per heavy atom. The van der Waals surface area contributed by atoms with Gasteiger partial charge >= 0.3 is 0 Å². The first-order chi connectivity index (χ1) is 7.20. The maximum Gasteiger partial charge on any atom is 0.281 e. The van der Waals surface area contributed by atoms with Crippen LogP contribution in [0.15, 0.2) is 11.0 Å². The molecule has 0 aromatic carbocycles. The second kappa shape index (κ2) is 5.09. The largest absolute Gasteiger partial charge is 0.381 e. The van der Waals surface area contributed by atoms with E-state index in [1.54, 1.807) is 10.9 Å². The summed E-state index contributed by atoms with van der Waals surface area (Å²) in [6, 6.07) is 0.205. The van der Waals surface area contributed by atoms with Crippen molar-refractivity contribution in [2.45, 2.75) is 18.9 Å². The molecule has 0 N–H and O–H groups in total. The van der Waals surface area contributed by atoms with Crippen LogP contribution in [0.2, 0.25) is 0 Å². The molecule has 0 aliphatic carbocycles. The van der Waals surface area contributed by atoms with Crippen molar-refractivity contribution in [2.24, 2.45) is 0 Å². The summed E-state index contributed by atoms with van der Waals surface area (Å²) in [4.78, 5) is 11.9. The number of halogens is 2. The van der Waals surface area contributed by atoms with Crippen LogP contribution in [0.5, 0.6) is 0 Å². The van der Waals surface area contributed by atoms with Crippen LogP contribution in [0.3, 0.4) is 0 Å². The molecular formula is C9H10I2N2O2. The molecule has 0 radical (unpaired) electrons. The summed E-state index contributed by atoms with van der Waals surface area (Å²) < 4.78 is 8.55. The highest BCUT2D eigenvalue weighted by molar-refractivity contribution is 14.1. The van der Waals surface area contributed by atoms with Crippen molar-refractivity contribution in [1.29, 1.82) is 0 Å². The van der Waals surface area contributed by atoms with E-state index in [-0.39, 0.29) is 11.6 Å². The van der Waals surface area contributed by atoms with Crippen LogP contribution in [0, 0.1) is 7.14 Å². The van der Waals surface area contributed by atoms with E-state index in [0.717, 1.165) is 33.2 Å². The molecule has 6 heteroatoms. The van der Waals surface area contributed by atoms with Gasteiger partial charge in [0.15, 0.2) is 0 Å². The highest BCUT2D eigenvalue weighted by atomic mass is 127. The van der Waals surface area contributed by atoms with E-state index in [9.17, 15) is 4.79 Å². The first-order valence-electron chi connectivity index (χ1n) is 4.70. The lowest BCUT2D eigenvalue weighted by atomic mass is 10.1. The molecule has 1 saturated heterocycles. The van der Waals surface area contributed by atoms with Gasteiger partial charge in [-0.25, -0.2) is 4.68 Å². The van der Waals surface area contributed by atoms with Crippen LogP contribution >= 0.6 is 45.2 Å². The molecule has 15 heavy (non-hydrogen) atoms. The zero-order chi connectivity index (χ0) is 10.8. The molecule has 1 aromatic heterocycles. The number of hydrogen-bond acceptors (Lipinski definition) is 3. The molecule has 82 valence electrons. The van der Waals surface area contributed by atoms with E-state index in [1.165, 1.54) is 0 Å². The van der Waals surface area contributed by atoms with Gasteiger partial charge in [-0.15, -0.1) is 0 Å². The molecule has 0 atom stereocenters. The highest BCUT2D eigenvalue weighted by Gasteiger charge is 2.19. The molecule has 0 amide bonds. The van der Waals surface area contributed by atoms with E-state index in [1.807, 2.05) is 0 Å². The zero-order valence-corrected chi connectivity index (χ0v) is 12.3. The fraction of sp³-hybridized carbons (Fsp3) is 0.556. The molecule has 1 fully saturated rings. The second-order valence-corrected chi connectivity index (χ2v) is 5.64. The van der Waals surface area contributed by atoms with E-state index in [4.69, 9.17) is 4.74 Å². The Morgan fingerprint density at radius 2 is 2.07 bits per heavy atom. The minimum absolute atomic E-state index is 0.0226. The molecule has 0 saturated carbocycles. The van der Waals surface area contributed by atoms with Crippen molar-refractivity contribution in [3.8, 4) is 0 Å². The third kappa shape index (κ3) is 2.52. The third-order valence-corrected chi connectivity index (χ3v) is 5.33. The number of aromatic nitrogens is 2. The molecule has 2 rings (SSSR count). The number of hydrogen-bond donors (Lipinski definition) is 0. The zero-order valence-electron chi connectivity index (χ0n) is 7.95. The quantitative estimate of drug-likeness (QED) is 0.637. The van der Waals surface area contributed by atoms with Gasteiger partial charge in [-0.1, -0.05) is 0 Å². The SMILES string of the molecule is O=c1c(I)c(I)cnn1C1CCOCC1. The predicted molar refractivity (Wildman–Crippen MR) is 73.0 cm³/mol. The minimum atomic E-state index is 0.0226. The van der Waals surface area contributed by atoms with Crippen molar-refractivity contribution in [3.05, 3.63) is 23.7 Å². The van der Waals surface area contributed by atoms with Gasteiger partial charge in [-0.2, -0.15) is 5.10 Å². The van der Waals surface area contributed by atoms with Crippen LogP contribution in [-0.2, 0) is 4.74 Å². The van der Waals surface area contributed by atoms with Crippen LogP contribution in [0.4, 0.5) is 0 Å². The number of nitrogens with zero attached hydrogens (tertiary/aromatic N) is 2. The Kier molecular flexibility index (Phi) is 3.99. The van der Waals surface area contributed by atoms with Gasteiger partial charge in [0.2, 0.25) is 0 Å². The van der Waals surface area contributed by atoms with Gasteiger partial charge in [0.1, 0.15) is 0 Å². The standard InChI is InChI=1S/C9H10I2N2O2/c10-7-5-12-13(9(14)8(7)11)6-1-3-15-4-2-6/h5-6H,1-4H2. The summed E-state index contributed by atoms with van der Waals surface area (Å²) in [5.41, 5.74) is 0.0226. The molecule has 0 spiro atoms. The lowest BCUT2D eigenvalue weighted by Gasteiger charge is -2.23. The molecule has 1 aliphatic heterocycles. The molecule has 0 bridgehead atoms. The Morgan fingerprint density at radius 1 is 1.40 bits per heavy atom. The van der Waals surface area contributed by atoms with Gasteiger partial charge in [0.25, 0.3) is 5.56 Å². The Bertz CT molecular complexity index is 413. The number of rotatable bonds is 1. The monoisotopic (exact) mass is 432 g/mol. The summed E-state index contributed by atoms with van der Waals surface area (Å²) in [5, 5.41) is 4.20. The topological polar surface area (TPSA) is 44.1 Å². The van der Waals surface area contributed by atoms with Crippen LogP contribution in [0.1, 0.15) is 18.9 Å². The average Bonchev–Trinajstić information content (AvgIpc) is 2.27. The van der Waals surface area contributed by atoms with E-state index in [0.29, 0.717) is 0 Å². The smallest absolute Gasteiger partial charge is 0.281 e. The van der Waals surface area contributed by atoms with Gasteiger partial charge in [0, 0.05) is 13.2 Å². The fourth-order valence-corrected chi connectivity index (χ4v) is 2.36. The maximum absolute atomic E-state index is 11.9. The summed E-state index contributed by atoms with van der Waals surface area (Å²) >= 11 is 4.21. The van der Waals surface area contributed by atoms with Crippen LogP contribution in [0.25, 0.3) is 0 Å². The lowest BCUT2D eigenvalue weighted by molar-refractivity contribution is 0.0647. The molecule has 0 unspecified atom stereocenters. The summed E-state index contributed by atoms with van der Waals surface area (Å²) in [7, 11) is 0. The van der Waals surface area contributed by atoms with Crippen LogP contribution in [-0.4, -0.2) is 23.0 Å². The molecular weight excluding hydrogens is 422 g/mol. The van der Waals surface area contributed by atoms with Gasteiger partial charge in [-0.3, -0.25) is 4.79 Å². The average molecular weight is 432 g/mol. The molecule has 2 heterocycles. The van der Waals surface area contributed by atoms with Crippen molar-refractivity contribution < 1.29 is 4.74 Å². The fourth-order valence-electron chi connectivity index (χ4n) is 1.61. The van der Waals surface area contributed by atoms with Gasteiger partial charge < -0.3 is 4.74 Å². The van der Waals surface area contributed by atoms with Crippen LogP contribution < -0.4 is 5.56 Å². The summed E-state index contributed by atoms with van der Waals surface area (Å²) in [6.07, 6.45) is 3.51. The van der Waals surface area contributed by atoms with Gasteiger partial charge in [0.05, 0.1) is 19.4 Å². The second-order valence-electron chi connectivity index (χ2n) is 3.40. The third-order valence-electron chi connectivity index (χ3n) is 2.44.